The lowest BCUT2D eigenvalue weighted by Gasteiger charge is -2.10. The molecule has 0 aliphatic carbocycles. The fraction of sp³-hybridized carbons (Fsp3) is 0.370. The highest BCUT2D eigenvalue weighted by Crippen LogP contribution is 2.29. The monoisotopic (exact) mass is 447 g/mol. The van der Waals surface area contributed by atoms with E-state index in [4.69, 9.17) is 9.72 Å². The van der Waals surface area contributed by atoms with Crippen LogP contribution in [0.25, 0.3) is 22.3 Å². The molecule has 0 saturated carbocycles. The van der Waals surface area contributed by atoms with Crippen LogP contribution in [0.2, 0.25) is 0 Å². The maximum absolute atomic E-state index is 5.53. The van der Waals surface area contributed by atoms with E-state index >= 15 is 0 Å². The predicted octanol–water partition coefficient (Wildman–Crippen LogP) is 7.44. The summed E-state index contributed by atoms with van der Waals surface area (Å²) in [6, 6.07) is 16.5. The SMILES string of the molecule is CC.COc1nc2ccccc2nc1-c1cccc(CCCCCCc2csc(C)n2)c1. The predicted molar refractivity (Wildman–Crippen MR) is 136 cm³/mol. The number of nitrogens with zero attached hydrogens (tertiary/aromatic N) is 3. The van der Waals surface area contributed by atoms with Gasteiger partial charge in [-0.25, -0.2) is 15.0 Å². The molecule has 32 heavy (non-hydrogen) atoms. The maximum atomic E-state index is 5.53. The highest BCUT2D eigenvalue weighted by atomic mass is 32.1. The van der Waals surface area contributed by atoms with Gasteiger partial charge in [0, 0.05) is 10.9 Å². The molecule has 0 aliphatic heterocycles. The molecule has 0 aliphatic rings. The summed E-state index contributed by atoms with van der Waals surface area (Å²) in [6.45, 7) is 6.07. The van der Waals surface area contributed by atoms with Crippen molar-refractivity contribution in [1.29, 1.82) is 0 Å². The van der Waals surface area contributed by atoms with Gasteiger partial charge in [-0.3, -0.25) is 0 Å². The number of thiazole rings is 1. The summed E-state index contributed by atoms with van der Waals surface area (Å²) >= 11 is 1.74. The number of rotatable bonds is 9. The molecule has 0 radical (unpaired) electrons. The Morgan fingerprint density at radius 2 is 1.53 bits per heavy atom. The van der Waals surface area contributed by atoms with Crippen LogP contribution in [0.4, 0.5) is 0 Å². The molecule has 5 heteroatoms. The van der Waals surface area contributed by atoms with E-state index in [1.54, 1.807) is 18.4 Å². The molecule has 4 nitrogen and oxygen atoms in total. The third-order valence-electron chi connectivity index (χ3n) is 5.25. The van der Waals surface area contributed by atoms with Crippen molar-refractivity contribution < 1.29 is 4.74 Å². The third-order valence-corrected chi connectivity index (χ3v) is 6.07. The Morgan fingerprint density at radius 3 is 2.22 bits per heavy atom. The summed E-state index contributed by atoms with van der Waals surface area (Å²) in [5.74, 6) is 0.572. The van der Waals surface area contributed by atoms with Gasteiger partial charge in [0.2, 0.25) is 5.88 Å². The van der Waals surface area contributed by atoms with E-state index < -0.39 is 0 Å². The highest BCUT2D eigenvalue weighted by molar-refractivity contribution is 7.09. The molecular formula is C27H33N3OS. The number of para-hydroxylation sites is 2. The number of ether oxygens (including phenoxy) is 1. The van der Waals surface area contributed by atoms with Gasteiger partial charge in [-0.1, -0.05) is 57.0 Å². The number of benzene rings is 2. The summed E-state index contributed by atoms with van der Waals surface area (Å²) in [6.07, 6.45) is 7.08. The van der Waals surface area contributed by atoms with Crippen molar-refractivity contribution in [3.63, 3.8) is 0 Å². The molecule has 2 aromatic carbocycles. The molecule has 0 bridgehead atoms. The van der Waals surface area contributed by atoms with Gasteiger partial charge in [0.1, 0.15) is 5.69 Å². The van der Waals surface area contributed by atoms with Crippen molar-refractivity contribution in [2.75, 3.05) is 7.11 Å². The van der Waals surface area contributed by atoms with E-state index in [0.717, 1.165) is 40.1 Å². The Hall–Kier alpha value is -2.79. The molecule has 0 amide bonds. The van der Waals surface area contributed by atoms with E-state index in [9.17, 15) is 0 Å². The normalized spacial score (nSPS) is 10.6. The first kappa shape index (κ1) is 23.9. The Morgan fingerprint density at radius 1 is 0.812 bits per heavy atom. The number of hydrogen-bond acceptors (Lipinski definition) is 5. The van der Waals surface area contributed by atoms with Crippen molar-refractivity contribution >= 4 is 22.4 Å². The quantitative estimate of drug-likeness (QED) is 0.250. The minimum atomic E-state index is 0.572. The highest BCUT2D eigenvalue weighted by Gasteiger charge is 2.12. The lowest BCUT2D eigenvalue weighted by Crippen LogP contribution is -1.97. The molecule has 4 rings (SSSR count). The van der Waals surface area contributed by atoms with Crippen LogP contribution in [0.5, 0.6) is 5.88 Å². The van der Waals surface area contributed by atoms with E-state index in [1.807, 2.05) is 38.1 Å². The molecular weight excluding hydrogens is 414 g/mol. The first-order valence-corrected chi connectivity index (χ1v) is 12.4. The summed E-state index contributed by atoms with van der Waals surface area (Å²) in [7, 11) is 1.65. The molecule has 0 saturated heterocycles. The molecule has 0 N–H and O–H groups in total. The maximum Gasteiger partial charge on any atom is 0.240 e. The van der Waals surface area contributed by atoms with Crippen LogP contribution in [0.3, 0.4) is 0 Å². The molecule has 2 heterocycles. The van der Waals surface area contributed by atoms with E-state index in [0.29, 0.717) is 5.88 Å². The van der Waals surface area contributed by atoms with Crippen LogP contribution in [-0.2, 0) is 12.8 Å². The van der Waals surface area contributed by atoms with E-state index in [2.05, 4.69) is 46.5 Å². The van der Waals surface area contributed by atoms with Gasteiger partial charge in [-0.15, -0.1) is 11.3 Å². The molecule has 0 fully saturated rings. The summed E-state index contributed by atoms with van der Waals surface area (Å²) in [4.78, 5) is 14.0. The number of hydrogen-bond donors (Lipinski definition) is 0. The Labute approximate surface area is 195 Å². The van der Waals surface area contributed by atoms with Crippen LogP contribution >= 0.6 is 11.3 Å². The van der Waals surface area contributed by atoms with Gasteiger partial charge in [-0.05, 0) is 56.4 Å². The smallest absolute Gasteiger partial charge is 0.240 e. The number of fused-ring (bicyclic) bond motifs is 1. The zero-order valence-electron chi connectivity index (χ0n) is 19.6. The molecule has 0 unspecified atom stereocenters. The topological polar surface area (TPSA) is 47.9 Å². The number of methoxy groups -OCH3 is 1. The number of unbranched alkanes of at least 4 members (excludes halogenated alkanes) is 3. The van der Waals surface area contributed by atoms with Crippen LogP contribution in [-0.4, -0.2) is 22.1 Å². The average Bonchev–Trinajstić information content (AvgIpc) is 3.26. The van der Waals surface area contributed by atoms with Gasteiger partial charge in [-0.2, -0.15) is 0 Å². The second-order valence-electron chi connectivity index (χ2n) is 7.54. The van der Waals surface area contributed by atoms with Crippen molar-refractivity contribution in [1.82, 2.24) is 15.0 Å². The fourth-order valence-electron chi connectivity index (χ4n) is 3.70. The first-order chi connectivity index (χ1) is 15.7. The minimum absolute atomic E-state index is 0.572. The van der Waals surface area contributed by atoms with Crippen LogP contribution in [0.1, 0.15) is 55.8 Å². The summed E-state index contributed by atoms with van der Waals surface area (Å²) < 4.78 is 5.53. The van der Waals surface area contributed by atoms with Crippen LogP contribution in [0, 0.1) is 6.92 Å². The lowest BCUT2D eigenvalue weighted by atomic mass is 10.0. The van der Waals surface area contributed by atoms with Crippen molar-refractivity contribution in [2.45, 2.75) is 59.3 Å². The minimum Gasteiger partial charge on any atom is -0.479 e. The standard InChI is InChI=1S/C25H27N3OS.C2H6/c1-18-26-21(17-30-18)13-6-4-3-5-10-19-11-9-12-20(16-19)24-25(29-2)28-23-15-8-7-14-22(23)27-24;1-2/h7-9,11-12,14-17H,3-6,10,13H2,1-2H3;1-2H3. The van der Waals surface area contributed by atoms with Gasteiger partial charge < -0.3 is 4.74 Å². The second-order valence-corrected chi connectivity index (χ2v) is 8.60. The fourth-order valence-corrected chi connectivity index (χ4v) is 4.35. The Balaban J connectivity index is 0.00000141. The zero-order valence-corrected chi connectivity index (χ0v) is 20.4. The first-order valence-electron chi connectivity index (χ1n) is 11.5. The van der Waals surface area contributed by atoms with E-state index in [-0.39, 0.29) is 0 Å². The molecule has 0 atom stereocenters. The molecule has 4 aromatic rings. The van der Waals surface area contributed by atoms with Crippen LogP contribution in [0.15, 0.2) is 53.9 Å². The zero-order chi connectivity index (χ0) is 22.8. The third kappa shape index (κ3) is 6.36. The van der Waals surface area contributed by atoms with Gasteiger partial charge >= 0.3 is 0 Å². The average molecular weight is 448 g/mol. The van der Waals surface area contributed by atoms with Crippen molar-refractivity contribution in [3.05, 3.63) is 70.2 Å². The molecule has 2 aromatic heterocycles. The second kappa shape index (κ2) is 12.3. The summed E-state index contributed by atoms with van der Waals surface area (Å²) in [5, 5.41) is 3.35. The lowest BCUT2D eigenvalue weighted by molar-refractivity contribution is 0.400. The Kier molecular flexibility index (Phi) is 9.17. The van der Waals surface area contributed by atoms with Crippen molar-refractivity contribution in [3.8, 4) is 17.1 Å². The largest absolute Gasteiger partial charge is 0.479 e. The van der Waals surface area contributed by atoms with Gasteiger partial charge in [0.05, 0.1) is 28.8 Å². The Bertz CT molecular complexity index is 1120. The van der Waals surface area contributed by atoms with Gasteiger partial charge in [0.25, 0.3) is 0 Å². The van der Waals surface area contributed by atoms with Crippen molar-refractivity contribution in [2.24, 2.45) is 0 Å². The van der Waals surface area contributed by atoms with Gasteiger partial charge in [0.15, 0.2) is 0 Å². The van der Waals surface area contributed by atoms with Crippen LogP contribution < -0.4 is 4.74 Å². The molecule has 168 valence electrons. The molecule has 0 spiro atoms. The number of aromatic nitrogens is 3. The van der Waals surface area contributed by atoms with E-state index in [1.165, 1.54) is 36.9 Å². The number of aryl methyl sites for hydroxylation is 3. The summed E-state index contributed by atoms with van der Waals surface area (Å²) in [5.41, 5.74) is 6.17.